The Morgan fingerprint density at radius 1 is 1.15 bits per heavy atom. The van der Waals surface area contributed by atoms with Crippen LogP contribution in [0.1, 0.15) is 21.5 Å². The summed E-state index contributed by atoms with van der Waals surface area (Å²) in [6.07, 6.45) is 2.00. The van der Waals surface area contributed by atoms with Crippen LogP contribution in [0.5, 0.6) is 0 Å². The molecule has 4 nitrogen and oxygen atoms in total. The Hall–Kier alpha value is -1.89. The third-order valence-electron chi connectivity index (χ3n) is 4.40. The highest BCUT2D eigenvalue weighted by Gasteiger charge is 2.23. The maximum Gasteiger partial charge on any atom is 0.261 e. The van der Waals surface area contributed by atoms with Crippen molar-refractivity contribution in [1.82, 2.24) is 9.88 Å². The number of carbonyl (C=O) groups excluding carboxylic acids is 1. The molecule has 0 N–H and O–H groups in total. The Bertz CT molecular complexity index is 965. The molecular weight excluding hydrogens is 374 g/mol. The van der Waals surface area contributed by atoms with E-state index in [0.29, 0.717) is 6.54 Å². The first-order valence-corrected chi connectivity index (χ1v) is 10.9. The fraction of sp³-hybridized carbons (Fsp3) is 0.333. The van der Waals surface area contributed by atoms with Gasteiger partial charge in [-0.05, 0) is 63.5 Å². The van der Waals surface area contributed by atoms with Gasteiger partial charge in [0.2, 0.25) is 0 Å². The van der Waals surface area contributed by atoms with Crippen molar-refractivity contribution < 1.29 is 4.79 Å². The molecule has 0 radical (unpaired) electrons. The van der Waals surface area contributed by atoms with Crippen molar-refractivity contribution in [2.45, 2.75) is 18.7 Å². The summed E-state index contributed by atoms with van der Waals surface area (Å²) in [4.78, 5) is 23.2. The predicted octanol–water partition coefficient (Wildman–Crippen LogP) is 4.84. The van der Waals surface area contributed by atoms with Gasteiger partial charge in [0.05, 0.1) is 15.8 Å². The number of thiazole rings is 1. The number of thioether (sulfide) groups is 1. The summed E-state index contributed by atoms with van der Waals surface area (Å²) in [6.45, 7) is 5.55. The number of aromatic nitrogens is 1. The lowest BCUT2D eigenvalue weighted by molar-refractivity contribution is 0.0982. The van der Waals surface area contributed by atoms with Gasteiger partial charge < -0.3 is 4.90 Å². The van der Waals surface area contributed by atoms with Crippen LogP contribution in [0.25, 0.3) is 10.2 Å². The van der Waals surface area contributed by atoms with E-state index < -0.39 is 0 Å². The first-order valence-electron chi connectivity index (χ1n) is 8.88. The molecular formula is C21H25N3OS2. The quantitative estimate of drug-likeness (QED) is 0.556. The Balaban J connectivity index is 2.06. The van der Waals surface area contributed by atoms with E-state index in [0.717, 1.165) is 37.9 Å². The van der Waals surface area contributed by atoms with Gasteiger partial charge in [-0.2, -0.15) is 0 Å². The van der Waals surface area contributed by atoms with Gasteiger partial charge in [0, 0.05) is 18.0 Å². The van der Waals surface area contributed by atoms with Gasteiger partial charge in [0.25, 0.3) is 5.91 Å². The minimum Gasteiger partial charge on any atom is -0.308 e. The molecule has 0 fully saturated rings. The molecule has 27 heavy (non-hydrogen) atoms. The average molecular weight is 400 g/mol. The standard InChI is InChI=1S/C21H25N3OS2/c1-14-12-15(2)19-18(13-14)27-21(22-19)24(11-10-23(3)4)20(25)16-8-6-7-9-17(16)26-5/h6-9,12-13H,10-11H2,1-5H3. The zero-order chi connectivity index (χ0) is 19.6. The number of likely N-dealkylation sites (N-methyl/N-ethyl adjacent to an activating group) is 1. The van der Waals surface area contributed by atoms with Gasteiger partial charge in [0.15, 0.2) is 5.13 Å². The Labute approximate surface area is 169 Å². The Morgan fingerprint density at radius 2 is 1.89 bits per heavy atom. The number of anilines is 1. The summed E-state index contributed by atoms with van der Waals surface area (Å²) >= 11 is 3.19. The fourth-order valence-electron chi connectivity index (χ4n) is 3.03. The zero-order valence-corrected chi connectivity index (χ0v) is 18.1. The molecule has 0 saturated carbocycles. The zero-order valence-electron chi connectivity index (χ0n) is 16.4. The summed E-state index contributed by atoms with van der Waals surface area (Å²) in [5.41, 5.74) is 4.09. The number of carbonyl (C=O) groups is 1. The van der Waals surface area contributed by atoms with Crippen LogP contribution in [0.3, 0.4) is 0 Å². The monoisotopic (exact) mass is 399 g/mol. The van der Waals surface area contributed by atoms with Gasteiger partial charge in [-0.1, -0.05) is 29.5 Å². The first kappa shape index (κ1) is 19.9. The number of hydrogen-bond acceptors (Lipinski definition) is 5. The predicted molar refractivity (Wildman–Crippen MR) is 118 cm³/mol. The van der Waals surface area contributed by atoms with E-state index >= 15 is 0 Å². The number of fused-ring (bicyclic) bond motifs is 1. The lowest BCUT2D eigenvalue weighted by Crippen LogP contribution is -2.37. The van der Waals surface area contributed by atoms with Crippen LogP contribution >= 0.6 is 23.1 Å². The summed E-state index contributed by atoms with van der Waals surface area (Å²) in [7, 11) is 4.04. The third-order valence-corrected chi connectivity index (χ3v) is 6.22. The lowest BCUT2D eigenvalue weighted by Gasteiger charge is -2.22. The molecule has 3 aromatic rings. The van der Waals surface area contributed by atoms with Gasteiger partial charge in [0.1, 0.15) is 0 Å². The van der Waals surface area contributed by atoms with E-state index in [4.69, 9.17) is 4.98 Å². The molecule has 0 aliphatic carbocycles. The second kappa shape index (κ2) is 8.42. The van der Waals surface area contributed by atoms with Crippen LogP contribution in [0.15, 0.2) is 41.3 Å². The smallest absolute Gasteiger partial charge is 0.261 e. The molecule has 2 aromatic carbocycles. The molecule has 0 spiro atoms. The minimum absolute atomic E-state index is 0.00947. The molecule has 0 bridgehead atoms. The number of benzene rings is 2. The minimum atomic E-state index is 0.00947. The fourth-order valence-corrected chi connectivity index (χ4v) is 4.78. The molecule has 3 rings (SSSR count). The normalized spacial score (nSPS) is 11.3. The van der Waals surface area contributed by atoms with E-state index in [2.05, 4.69) is 30.9 Å². The van der Waals surface area contributed by atoms with E-state index in [1.54, 1.807) is 23.1 Å². The van der Waals surface area contributed by atoms with Crippen molar-refractivity contribution >= 4 is 44.4 Å². The maximum absolute atomic E-state index is 13.4. The second-order valence-electron chi connectivity index (χ2n) is 6.89. The van der Waals surface area contributed by atoms with Crippen LogP contribution in [-0.2, 0) is 0 Å². The number of nitrogens with zero attached hydrogens (tertiary/aromatic N) is 3. The van der Waals surface area contributed by atoms with Crippen LogP contribution in [-0.4, -0.2) is 49.2 Å². The molecule has 0 aliphatic rings. The van der Waals surface area contributed by atoms with E-state index in [1.165, 1.54) is 5.56 Å². The number of amides is 1. The van der Waals surface area contributed by atoms with Crippen molar-refractivity contribution in [2.75, 3.05) is 38.3 Å². The van der Waals surface area contributed by atoms with Crippen molar-refractivity contribution in [1.29, 1.82) is 0 Å². The maximum atomic E-state index is 13.4. The van der Waals surface area contributed by atoms with Crippen LogP contribution < -0.4 is 4.90 Å². The summed E-state index contributed by atoms with van der Waals surface area (Å²) in [5, 5.41) is 0.765. The van der Waals surface area contributed by atoms with Gasteiger partial charge in [-0.3, -0.25) is 9.69 Å². The molecule has 0 atom stereocenters. The van der Waals surface area contributed by atoms with Crippen molar-refractivity contribution in [3.05, 3.63) is 53.1 Å². The molecule has 1 amide bonds. The molecule has 6 heteroatoms. The number of rotatable bonds is 6. The SMILES string of the molecule is CSc1ccccc1C(=O)N(CCN(C)C)c1nc2c(C)cc(C)cc2s1. The van der Waals surface area contributed by atoms with Crippen LogP contribution in [0, 0.1) is 13.8 Å². The van der Waals surface area contributed by atoms with E-state index in [-0.39, 0.29) is 5.91 Å². The number of aryl methyl sites for hydroxylation is 2. The molecule has 1 heterocycles. The van der Waals surface area contributed by atoms with Crippen LogP contribution in [0.2, 0.25) is 0 Å². The lowest BCUT2D eigenvalue weighted by atomic mass is 10.1. The highest BCUT2D eigenvalue weighted by molar-refractivity contribution is 7.98. The molecule has 0 aliphatic heterocycles. The van der Waals surface area contributed by atoms with Crippen molar-refractivity contribution in [3.8, 4) is 0 Å². The summed E-state index contributed by atoms with van der Waals surface area (Å²) in [5.74, 6) is 0.00947. The van der Waals surface area contributed by atoms with Crippen LogP contribution in [0.4, 0.5) is 5.13 Å². The largest absolute Gasteiger partial charge is 0.308 e. The second-order valence-corrected chi connectivity index (χ2v) is 8.74. The highest BCUT2D eigenvalue weighted by Crippen LogP contribution is 2.33. The first-order chi connectivity index (χ1) is 12.9. The molecule has 1 aromatic heterocycles. The summed E-state index contributed by atoms with van der Waals surface area (Å²) in [6, 6.07) is 12.1. The van der Waals surface area contributed by atoms with Crippen molar-refractivity contribution in [2.24, 2.45) is 0 Å². The van der Waals surface area contributed by atoms with Gasteiger partial charge in [-0.25, -0.2) is 4.98 Å². The Morgan fingerprint density at radius 3 is 2.59 bits per heavy atom. The molecule has 0 saturated heterocycles. The van der Waals surface area contributed by atoms with Gasteiger partial charge in [-0.15, -0.1) is 11.8 Å². The third kappa shape index (κ3) is 4.34. The van der Waals surface area contributed by atoms with Gasteiger partial charge >= 0.3 is 0 Å². The topological polar surface area (TPSA) is 36.4 Å². The molecule has 142 valence electrons. The van der Waals surface area contributed by atoms with E-state index in [9.17, 15) is 4.79 Å². The van der Waals surface area contributed by atoms with E-state index in [1.807, 2.05) is 49.5 Å². The molecule has 0 unspecified atom stereocenters. The summed E-state index contributed by atoms with van der Waals surface area (Å²) < 4.78 is 1.13. The Kier molecular flexibility index (Phi) is 6.19. The van der Waals surface area contributed by atoms with Crippen molar-refractivity contribution in [3.63, 3.8) is 0 Å². The average Bonchev–Trinajstić information content (AvgIpc) is 3.05. The highest BCUT2D eigenvalue weighted by atomic mass is 32.2. The number of hydrogen-bond donors (Lipinski definition) is 0.